The van der Waals surface area contributed by atoms with Crippen molar-refractivity contribution in [1.82, 2.24) is 18.7 Å². The van der Waals surface area contributed by atoms with Crippen LogP contribution in [0.3, 0.4) is 0 Å². The third-order valence-electron chi connectivity index (χ3n) is 5.73. The van der Waals surface area contributed by atoms with Crippen molar-refractivity contribution in [3.8, 4) is 0 Å². The van der Waals surface area contributed by atoms with Crippen molar-refractivity contribution in [3.05, 3.63) is 61.3 Å². The van der Waals surface area contributed by atoms with E-state index in [-0.39, 0.29) is 12.5 Å². The van der Waals surface area contributed by atoms with Crippen LogP contribution in [0, 0.1) is 5.82 Å². The Hall–Kier alpha value is -2.41. The van der Waals surface area contributed by atoms with Gasteiger partial charge in [-0.2, -0.15) is 0 Å². The van der Waals surface area contributed by atoms with Crippen molar-refractivity contribution in [1.29, 1.82) is 0 Å². The molecule has 1 aliphatic carbocycles. The lowest BCUT2D eigenvalue weighted by Crippen LogP contribution is -2.37. The van der Waals surface area contributed by atoms with Gasteiger partial charge in [0.15, 0.2) is 11.2 Å². The zero-order chi connectivity index (χ0) is 20.0. The zero-order valence-electron chi connectivity index (χ0n) is 15.9. The maximum atomic E-state index is 14.5. The van der Waals surface area contributed by atoms with E-state index in [9.17, 15) is 14.0 Å². The SMILES string of the molecule is Cn1c(=O)c2c(nc(C3CCCCC3)n2Cc2c(F)cccc2Cl)n(C)c1=O. The Morgan fingerprint density at radius 3 is 2.54 bits per heavy atom. The van der Waals surface area contributed by atoms with Crippen LogP contribution in [0.15, 0.2) is 27.8 Å². The van der Waals surface area contributed by atoms with Gasteiger partial charge in [0.25, 0.3) is 5.56 Å². The van der Waals surface area contributed by atoms with Gasteiger partial charge in [-0.1, -0.05) is 36.9 Å². The van der Waals surface area contributed by atoms with Gasteiger partial charge in [-0.15, -0.1) is 0 Å². The summed E-state index contributed by atoms with van der Waals surface area (Å²) < 4.78 is 18.7. The largest absolute Gasteiger partial charge is 0.332 e. The molecule has 0 unspecified atom stereocenters. The smallest absolute Gasteiger partial charge is 0.317 e. The Labute approximate surface area is 166 Å². The van der Waals surface area contributed by atoms with Gasteiger partial charge >= 0.3 is 5.69 Å². The summed E-state index contributed by atoms with van der Waals surface area (Å²) in [6.07, 6.45) is 5.28. The molecule has 2 heterocycles. The Balaban J connectivity index is 2.01. The Kier molecular flexibility index (Phi) is 4.87. The number of imidazole rings is 1. The molecule has 8 heteroatoms. The maximum Gasteiger partial charge on any atom is 0.332 e. The monoisotopic (exact) mass is 404 g/mol. The molecule has 3 aromatic rings. The number of nitrogens with zero attached hydrogens (tertiary/aromatic N) is 4. The summed E-state index contributed by atoms with van der Waals surface area (Å²) in [4.78, 5) is 30.0. The van der Waals surface area contributed by atoms with E-state index < -0.39 is 17.1 Å². The molecule has 0 aliphatic heterocycles. The fourth-order valence-electron chi connectivity index (χ4n) is 4.14. The lowest BCUT2D eigenvalue weighted by Gasteiger charge is -2.22. The Morgan fingerprint density at radius 1 is 1.14 bits per heavy atom. The predicted octanol–water partition coefficient (Wildman–Crippen LogP) is 3.32. The van der Waals surface area contributed by atoms with Gasteiger partial charge in [-0.05, 0) is 25.0 Å². The zero-order valence-corrected chi connectivity index (χ0v) is 16.7. The van der Waals surface area contributed by atoms with Crippen molar-refractivity contribution in [3.63, 3.8) is 0 Å². The maximum absolute atomic E-state index is 14.5. The molecule has 2 aromatic heterocycles. The molecule has 0 radical (unpaired) electrons. The minimum absolute atomic E-state index is 0.0985. The quantitative estimate of drug-likeness (QED) is 0.672. The number of aromatic nitrogens is 4. The number of aryl methyl sites for hydroxylation is 1. The van der Waals surface area contributed by atoms with Crippen molar-refractivity contribution in [2.45, 2.75) is 44.6 Å². The van der Waals surface area contributed by atoms with E-state index in [2.05, 4.69) is 0 Å². The van der Waals surface area contributed by atoms with Gasteiger partial charge in [-0.3, -0.25) is 13.9 Å². The second-order valence-corrected chi connectivity index (χ2v) is 7.88. The Morgan fingerprint density at radius 2 is 1.86 bits per heavy atom. The number of fused-ring (bicyclic) bond motifs is 1. The van der Waals surface area contributed by atoms with E-state index in [4.69, 9.17) is 16.6 Å². The third kappa shape index (κ3) is 2.98. The van der Waals surface area contributed by atoms with E-state index in [1.165, 1.54) is 24.1 Å². The molecule has 1 aliphatic rings. The lowest BCUT2D eigenvalue weighted by molar-refractivity contribution is 0.419. The molecule has 0 saturated heterocycles. The van der Waals surface area contributed by atoms with Crippen LogP contribution in [0.5, 0.6) is 0 Å². The summed E-state index contributed by atoms with van der Waals surface area (Å²) in [5.74, 6) is 0.476. The number of rotatable bonds is 3. The van der Waals surface area contributed by atoms with Gasteiger partial charge in [-0.25, -0.2) is 14.2 Å². The molecule has 0 amide bonds. The molecule has 1 saturated carbocycles. The van der Waals surface area contributed by atoms with E-state index in [1.807, 2.05) is 0 Å². The van der Waals surface area contributed by atoms with Crippen LogP contribution in [0.4, 0.5) is 4.39 Å². The van der Waals surface area contributed by atoms with Crippen LogP contribution in [0.1, 0.15) is 49.4 Å². The lowest BCUT2D eigenvalue weighted by atomic mass is 9.88. The van der Waals surface area contributed by atoms with Crippen LogP contribution in [0.2, 0.25) is 5.02 Å². The van der Waals surface area contributed by atoms with Crippen molar-refractivity contribution >= 4 is 22.8 Å². The summed E-state index contributed by atoms with van der Waals surface area (Å²) in [5, 5.41) is 0.304. The van der Waals surface area contributed by atoms with Crippen LogP contribution in [-0.2, 0) is 20.6 Å². The van der Waals surface area contributed by atoms with Gasteiger partial charge < -0.3 is 4.57 Å². The molecular formula is C20H22ClFN4O2. The summed E-state index contributed by atoms with van der Waals surface area (Å²) in [5.41, 5.74) is 0.100. The molecule has 28 heavy (non-hydrogen) atoms. The minimum Gasteiger partial charge on any atom is -0.317 e. The third-order valence-corrected chi connectivity index (χ3v) is 6.08. The van der Waals surface area contributed by atoms with Crippen molar-refractivity contribution in [2.24, 2.45) is 14.1 Å². The molecule has 0 atom stereocenters. The van der Waals surface area contributed by atoms with Crippen LogP contribution in [-0.4, -0.2) is 18.7 Å². The summed E-state index contributed by atoms with van der Waals surface area (Å²) in [6.45, 7) is 0.0985. The highest BCUT2D eigenvalue weighted by atomic mass is 35.5. The first kappa shape index (κ1) is 18.9. The first-order valence-electron chi connectivity index (χ1n) is 9.49. The second kappa shape index (κ2) is 7.20. The number of benzene rings is 1. The predicted molar refractivity (Wildman–Crippen MR) is 107 cm³/mol. The summed E-state index contributed by atoms with van der Waals surface area (Å²) in [6, 6.07) is 4.54. The molecule has 1 fully saturated rings. The fraction of sp³-hybridized carbons (Fsp3) is 0.450. The fourth-order valence-corrected chi connectivity index (χ4v) is 4.36. The van der Waals surface area contributed by atoms with Gasteiger partial charge in [0.05, 0.1) is 6.54 Å². The summed E-state index contributed by atoms with van der Waals surface area (Å²) >= 11 is 6.25. The first-order chi connectivity index (χ1) is 13.4. The topological polar surface area (TPSA) is 61.8 Å². The van der Waals surface area contributed by atoms with E-state index in [0.717, 1.165) is 36.1 Å². The molecule has 148 valence electrons. The molecule has 0 N–H and O–H groups in total. The molecule has 1 aromatic carbocycles. The highest BCUT2D eigenvalue weighted by Crippen LogP contribution is 2.34. The van der Waals surface area contributed by atoms with Crippen LogP contribution >= 0.6 is 11.6 Å². The van der Waals surface area contributed by atoms with Crippen LogP contribution in [0.25, 0.3) is 11.2 Å². The minimum atomic E-state index is -0.430. The normalized spacial score (nSPS) is 15.4. The Bertz CT molecular complexity index is 1150. The molecular weight excluding hydrogens is 383 g/mol. The van der Waals surface area contributed by atoms with E-state index in [0.29, 0.717) is 21.7 Å². The van der Waals surface area contributed by atoms with Gasteiger partial charge in [0.1, 0.15) is 11.6 Å². The standard InChI is InChI=1S/C20H22ClFN4O2/c1-24-18-16(19(27)25(2)20(24)28)26(11-13-14(21)9-6-10-15(13)22)17(23-18)12-7-4-3-5-8-12/h6,9-10,12H,3-5,7-8,11H2,1-2H3. The van der Waals surface area contributed by atoms with Crippen molar-refractivity contribution in [2.75, 3.05) is 0 Å². The molecule has 0 spiro atoms. The summed E-state index contributed by atoms with van der Waals surface area (Å²) in [7, 11) is 3.04. The number of hydrogen-bond acceptors (Lipinski definition) is 3. The van der Waals surface area contributed by atoms with Crippen LogP contribution < -0.4 is 11.2 Å². The first-order valence-corrected chi connectivity index (χ1v) is 9.87. The molecule has 6 nitrogen and oxygen atoms in total. The second-order valence-electron chi connectivity index (χ2n) is 7.47. The van der Waals surface area contributed by atoms with Crippen molar-refractivity contribution < 1.29 is 4.39 Å². The average Bonchev–Trinajstić information content (AvgIpc) is 3.08. The van der Waals surface area contributed by atoms with E-state index >= 15 is 0 Å². The number of halogens is 2. The highest BCUT2D eigenvalue weighted by molar-refractivity contribution is 6.31. The molecule has 0 bridgehead atoms. The molecule has 4 rings (SSSR count). The highest BCUT2D eigenvalue weighted by Gasteiger charge is 2.26. The van der Waals surface area contributed by atoms with E-state index in [1.54, 1.807) is 23.7 Å². The van der Waals surface area contributed by atoms with Gasteiger partial charge in [0.2, 0.25) is 0 Å². The average molecular weight is 405 g/mol. The number of hydrogen-bond donors (Lipinski definition) is 0. The van der Waals surface area contributed by atoms with Gasteiger partial charge in [0, 0.05) is 30.6 Å².